The van der Waals surface area contributed by atoms with Crippen molar-refractivity contribution in [2.24, 2.45) is 0 Å². The second-order valence-corrected chi connectivity index (χ2v) is 9.25. The summed E-state index contributed by atoms with van der Waals surface area (Å²) in [4.78, 5) is 10.6. The standard InChI is InChI=1S/C11H7Cl6NO4/c1-4-2-5-7(6(3-4)18(19)20)21-9(11(15,16)17)22-8(5)10(12,13)14/h2-3,8-9H,1H3/t8-,9+/m0/s1. The predicted molar refractivity (Wildman–Crippen MR) is 86.7 cm³/mol. The van der Waals surface area contributed by atoms with Crippen molar-refractivity contribution in [2.45, 2.75) is 26.9 Å². The van der Waals surface area contributed by atoms with Crippen LogP contribution in [0.25, 0.3) is 0 Å². The van der Waals surface area contributed by atoms with Crippen LogP contribution in [0.15, 0.2) is 12.1 Å². The lowest BCUT2D eigenvalue weighted by Crippen LogP contribution is -2.42. The van der Waals surface area contributed by atoms with Crippen LogP contribution in [0.3, 0.4) is 0 Å². The number of hydrogen-bond acceptors (Lipinski definition) is 4. The highest BCUT2D eigenvalue weighted by Gasteiger charge is 2.50. The number of halogens is 6. The maximum atomic E-state index is 11.2. The number of nitro benzene ring substituents is 1. The molecular formula is C11H7Cl6NO4. The lowest BCUT2D eigenvalue weighted by molar-refractivity contribution is -0.387. The lowest BCUT2D eigenvalue weighted by atomic mass is 10.0. The average Bonchev–Trinajstić information content (AvgIpc) is 2.33. The maximum Gasteiger partial charge on any atom is 0.311 e. The molecule has 0 saturated carbocycles. The van der Waals surface area contributed by atoms with Crippen LogP contribution in [0.1, 0.15) is 17.2 Å². The molecule has 11 heteroatoms. The number of hydrogen-bond donors (Lipinski definition) is 0. The van der Waals surface area contributed by atoms with Gasteiger partial charge in [-0.15, -0.1) is 0 Å². The summed E-state index contributed by atoms with van der Waals surface area (Å²) in [5.74, 6) is -0.158. The van der Waals surface area contributed by atoms with Crippen molar-refractivity contribution in [3.05, 3.63) is 33.4 Å². The quantitative estimate of drug-likeness (QED) is 0.339. The zero-order valence-electron chi connectivity index (χ0n) is 10.7. The second-order valence-electron chi connectivity index (χ2n) is 4.51. The van der Waals surface area contributed by atoms with Gasteiger partial charge in [0.2, 0.25) is 15.8 Å². The van der Waals surface area contributed by atoms with Crippen molar-refractivity contribution in [1.29, 1.82) is 0 Å². The van der Waals surface area contributed by atoms with Crippen molar-refractivity contribution >= 4 is 75.3 Å². The zero-order valence-corrected chi connectivity index (χ0v) is 15.2. The Hall–Kier alpha value is 0.120. The fourth-order valence-electron chi connectivity index (χ4n) is 1.97. The van der Waals surface area contributed by atoms with E-state index in [2.05, 4.69) is 0 Å². The van der Waals surface area contributed by atoms with Crippen molar-refractivity contribution < 1.29 is 14.4 Å². The summed E-state index contributed by atoms with van der Waals surface area (Å²) in [6.07, 6.45) is -2.69. The van der Waals surface area contributed by atoms with Gasteiger partial charge in [0.05, 0.1) is 4.92 Å². The molecule has 0 saturated heterocycles. The van der Waals surface area contributed by atoms with E-state index in [-0.39, 0.29) is 17.0 Å². The summed E-state index contributed by atoms with van der Waals surface area (Å²) in [5, 5.41) is 11.2. The molecule has 0 aromatic heterocycles. The molecule has 1 aliphatic rings. The molecule has 0 unspecified atom stereocenters. The highest BCUT2D eigenvalue weighted by Crippen LogP contribution is 2.53. The van der Waals surface area contributed by atoms with Crippen LogP contribution in [0.2, 0.25) is 0 Å². The molecule has 0 bridgehead atoms. The van der Waals surface area contributed by atoms with Gasteiger partial charge in [-0.25, -0.2) is 0 Å². The van der Waals surface area contributed by atoms with Crippen LogP contribution >= 0.6 is 69.6 Å². The van der Waals surface area contributed by atoms with E-state index < -0.39 is 24.9 Å². The van der Waals surface area contributed by atoms with Gasteiger partial charge in [0.25, 0.3) is 3.79 Å². The Bertz CT molecular complexity index is 612. The Balaban J connectivity index is 2.66. The zero-order chi connectivity index (χ0) is 16.9. The summed E-state index contributed by atoms with van der Waals surface area (Å²) in [5.41, 5.74) is 0.415. The molecule has 0 aliphatic carbocycles. The molecule has 1 aliphatic heterocycles. The minimum Gasteiger partial charge on any atom is -0.453 e. The molecule has 122 valence electrons. The van der Waals surface area contributed by atoms with Crippen LogP contribution in [-0.4, -0.2) is 18.8 Å². The Morgan fingerprint density at radius 3 is 2.18 bits per heavy atom. The Kier molecular flexibility index (Phi) is 5.21. The Labute approximate surface area is 155 Å². The normalized spacial score (nSPS) is 22.0. The van der Waals surface area contributed by atoms with Gasteiger partial charge in [0.1, 0.15) is 6.10 Å². The van der Waals surface area contributed by atoms with E-state index in [4.69, 9.17) is 79.1 Å². The number of ether oxygens (including phenoxy) is 2. The molecule has 0 amide bonds. The third-order valence-electron chi connectivity index (χ3n) is 2.77. The molecule has 2 atom stereocenters. The SMILES string of the molecule is Cc1cc2c(c([N+](=O)[O-])c1)O[C@@H](C(Cl)(Cl)Cl)O[C@@H]2C(Cl)(Cl)Cl. The van der Waals surface area contributed by atoms with Gasteiger partial charge in [-0.05, 0) is 18.6 Å². The number of alkyl halides is 6. The first-order valence-corrected chi connectivity index (χ1v) is 7.92. The van der Waals surface area contributed by atoms with Crippen molar-refractivity contribution in [2.75, 3.05) is 0 Å². The monoisotopic (exact) mass is 427 g/mol. The molecule has 1 aromatic rings. The van der Waals surface area contributed by atoms with Gasteiger partial charge in [0.15, 0.2) is 0 Å². The molecule has 5 nitrogen and oxygen atoms in total. The number of fused-ring (bicyclic) bond motifs is 1. The summed E-state index contributed by atoms with van der Waals surface area (Å²) >= 11 is 34.9. The molecule has 0 N–H and O–H groups in total. The minimum absolute atomic E-state index is 0.158. The fraction of sp³-hybridized carbons (Fsp3) is 0.455. The molecular weight excluding hydrogens is 423 g/mol. The van der Waals surface area contributed by atoms with E-state index in [9.17, 15) is 10.1 Å². The first-order chi connectivity index (χ1) is 9.91. The van der Waals surface area contributed by atoms with Crippen LogP contribution in [0.4, 0.5) is 5.69 Å². The summed E-state index contributed by atoms with van der Waals surface area (Å²) < 4.78 is 6.74. The van der Waals surface area contributed by atoms with Crippen molar-refractivity contribution in [1.82, 2.24) is 0 Å². The van der Waals surface area contributed by atoms with Gasteiger partial charge in [-0.2, -0.15) is 0 Å². The third-order valence-corrected chi connectivity index (χ3v) is 3.90. The topological polar surface area (TPSA) is 61.6 Å². The third kappa shape index (κ3) is 3.78. The van der Waals surface area contributed by atoms with E-state index in [1.165, 1.54) is 6.07 Å². The predicted octanol–water partition coefficient (Wildman–Crippen LogP) is 5.42. The average molecular weight is 430 g/mol. The molecule has 0 spiro atoms. The summed E-state index contributed by atoms with van der Waals surface area (Å²) in [6.45, 7) is 1.64. The molecule has 2 rings (SSSR count). The summed E-state index contributed by atoms with van der Waals surface area (Å²) in [7, 11) is 0. The molecule has 0 fully saturated rings. The first kappa shape index (κ1) is 18.5. The second kappa shape index (κ2) is 6.20. The van der Waals surface area contributed by atoms with Crippen LogP contribution in [0, 0.1) is 17.0 Å². The molecule has 22 heavy (non-hydrogen) atoms. The van der Waals surface area contributed by atoms with Crippen LogP contribution in [-0.2, 0) is 4.74 Å². The Morgan fingerprint density at radius 2 is 1.73 bits per heavy atom. The maximum absolute atomic E-state index is 11.2. The molecule has 0 radical (unpaired) electrons. The summed E-state index contributed by atoms with van der Waals surface area (Å²) in [6, 6.07) is 2.85. The van der Waals surface area contributed by atoms with E-state index in [1.807, 2.05) is 0 Å². The number of rotatable bonds is 1. The number of aryl methyl sites for hydroxylation is 1. The number of nitro groups is 1. The fourth-order valence-corrected chi connectivity index (χ4v) is 2.76. The number of nitrogens with zero attached hydrogens (tertiary/aromatic N) is 1. The van der Waals surface area contributed by atoms with E-state index in [0.29, 0.717) is 5.56 Å². The van der Waals surface area contributed by atoms with Crippen molar-refractivity contribution in [3.8, 4) is 5.75 Å². The molecule has 1 heterocycles. The van der Waals surface area contributed by atoms with Crippen LogP contribution in [0.5, 0.6) is 5.75 Å². The van der Waals surface area contributed by atoms with Gasteiger partial charge in [0, 0.05) is 11.6 Å². The van der Waals surface area contributed by atoms with Crippen molar-refractivity contribution in [3.63, 3.8) is 0 Å². The van der Waals surface area contributed by atoms with Gasteiger partial charge < -0.3 is 9.47 Å². The van der Waals surface area contributed by atoms with Gasteiger partial charge in [-0.3, -0.25) is 10.1 Å². The van der Waals surface area contributed by atoms with Crippen LogP contribution < -0.4 is 4.74 Å². The Morgan fingerprint density at radius 1 is 1.14 bits per heavy atom. The lowest BCUT2D eigenvalue weighted by Gasteiger charge is -2.37. The highest BCUT2D eigenvalue weighted by molar-refractivity contribution is 6.68. The highest BCUT2D eigenvalue weighted by atomic mass is 35.6. The molecule has 1 aromatic carbocycles. The first-order valence-electron chi connectivity index (χ1n) is 5.65. The van der Waals surface area contributed by atoms with Gasteiger partial charge in [-0.1, -0.05) is 69.6 Å². The van der Waals surface area contributed by atoms with E-state index in [0.717, 1.165) is 0 Å². The van der Waals surface area contributed by atoms with Gasteiger partial charge >= 0.3 is 5.69 Å². The van der Waals surface area contributed by atoms with E-state index >= 15 is 0 Å². The minimum atomic E-state index is -2.04. The smallest absolute Gasteiger partial charge is 0.311 e. The largest absolute Gasteiger partial charge is 0.453 e. The van der Waals surface area contributed by atoms with E-state index in [1.54, 1.807) is 13.0 Å². The number of benzene rings is 1.